The van der Waals surface area contributed by atoms with Crippen molar-refractivity contribution in [3.05, 3.63) is 0 Å². The molecular weight excluding hydrogens is 148 g/mol. The molecule has 2 nitrogen and oxygen atoms in total. The van der Waals surface area contributed by atoms with Crippen LogP contribution in [-0.2, 0) is 0 Å². The highest BCUT2D eigenvalue weighted by atomic mass is 15.1. The van der Waals surface area contributed by atoms with E-state index < -0.39 is 0 Å². The highest BCUT2D eigenvalue weighted by Crippen LogP contribution is 2.27. The first-order valence-corrected chi connectivity index (χ1v) is 4.60. The summed E-state index contributed by atoms with van der Waals surface area (Å²) < 4.78 is 0. The van der Waals surface area contributed by atoms with Crippen molar-refractivity contribution in [3.63, 3.8) is 0 Å². The third-order valence-electron chi connectivity index (χ3n) is 2.50. The monoisotopic (exact) mass is 166 g/mol. The number of aliphatic imine (C=N–C) groups is 2. The largest absolute Gasteiger partial charge is 0.262 e. The van der Waals surface area contributed by atoms with Crippen LogP contribution in [0.2, 0.25) is 0 Å². The molecule has 0 spiro atoms. The highest BCUT2D eigenvalue weighted by Gasteiger charge is 2.30. The second kappa shape index (κ2) is 3.00. The first kappa shape index (κ1) is 9.43. The lowest BCUT2D eigenvalue weighted by Crippen LogP contribution is -2.24. The van der Waals surface area contributed by atoms with Gasteiger partial charge in [0.2, 0.25) is 0 Å². The van der Waals surface area contributed by atoms with Crippen LogP contribution in [0.1, 0.15) is 34.6 Å². The Morgan fingerprint density at radius 3 is 2.08 bits per heavy atom. The zero-order valence-electron chi connectivity index (χ0n) is 8.63. The van der Waals surface area contributed by atoms with E-state index >= 15 is 0 Å². The van der Waals surface area contributed by atoms with E-state index in [1.54, 1.807) is 0 Å². The van der Waals surface area contributed by atoms with Crippen LogP contribution in [0.4, 0.5) is 0 Å². The molecule has 0 aliphatic carbocycles. The van der Waals surface area contributed by atoms with Crippen LogP contribution in [0.5, 0.6) is 0 Å². The molecule has 1 heterocycles. The van der Waals surface area contributed by atoms with Gasteiger partial charge in [-0.15, -0.1) is 0 Å². The van der Waals surface area contributed by atoms with Crippen LogP contribution in [-0.4, -0.2) is 17.6 Å². The minimum Gasteiger partial charge on any atom is -0.262 e. The third kappa shape index (κ3) is 1.57. The van der Waals surface area contributed by atoms with Crippen molar-refractivity contribution >= 4 is 11.9 Å². The molecule has 0 radical (unpaired) electrons. The minimum atomic E-state index is -0.195. The normalized spacial score (nSPS) is 28.8. The van der Waals surface area contributed by atoms with Crippen LogP contribution >= 0.6 is 0 Å². The van der Waals surface area contributed by atoms with Gasteiger partial charge in [-0.1, -0.05) is 27.7 Å². The van der Waals surface area contributed by atoms with Crippen molar-refractivity contribution in [1.82, 2.24) is 0 Å². The summed E-state index contributed by atoms with van der Waals surface area (Å²) in [7, 11) is 0. The molecular formula is C10H18N2. The molecule has 2 heteroatoms. The maximum Gasteiger partial charge on any atom is 0.150 e. The van der Waals surface area contributed by atoms with Crippen molar-refractivity contribution < 1.29 is 0 Å². The van der Waals surface area contributed by atoms with E-state index in [1.807, 2.05) is 6.21 Å². The van der Waals surface area contributed by atoms with Gasteiger partial charge in [0.1, 0.15) is 5.66 Å². The molecule has 0 aromatic heterocycles. The van der Waals surface area contributed by atoms with Gasteiger partial charge in [-0.25, -0.2) is 0 Å². The third-order valence-corrected chi connectivity index (χ3v) is 2.50. The molecule has 0 saturated carbocycles. The Bertz CT molecular complexity index is 226. The molecule has 1 aliphatic rings. The smallest absolute Gasteiger partial charge is 0.150 e. The van der Waals surface area contributed by atoms with Crippen molar-refractivity contribution in [3.8, 4) is 0 Å². The van der Waals surface area contributed by atoms with E-state index in [0.29, 0.717) is 11.8 Å². The first-order valence-electron chi connectivity index (χ1n) is 4.60. The Morgan fingerprint density at radius 2 is 1.83 bits per heavy atom. The van der Waals surface area contributed by atoms with Gasteiger partial charge in [0.05, 0.1) is 5.71 Å². The van der Waals surface area contributed by atoms with E-state index in [-0.39, 0.29) is 5.66 Å². The molecule has 1 atom stereocenters. The van der Waals surface area contributed by atoms with Gasteiger partial charge in [0, 0.05) is 6.21 Å². The van der Waals surface area contributed by atoms with E-state index in [4.69, 9.17) is 0 Å². The fourth-order valence-electron chi connectivity index (χ4n) is 1.07. The lowest BCUT2D eigenvalue weighted by atomic mass is 10.00. The van der Waals surface area contributed by atoms with Crippen molar-refractivity contribution in [1.29, 1.82) is 0 Å². The van der Waals surface area contributed by atoms with Gasteiger partial charge in [0.15, 0.2) is 0 Å². The Hall–Kier alpha value is -0.660. The topological polar surface area (TPSA) is 24.7 Å². The van der Waals surface area contributed by atoms with Crippen molar-refractivity contribution in [2.75, 3.05) is 0 Å². The molecule has 68 valence electrons. The number of rotatable bonds is 2. The van der Waals surface area contributed by atoms with Crippen molar-refractivity contribution in [2.24, 2.45) is 21.8 Å². The Morgan fingerprint density at radius 1 is 1.25 bits per heavy atom. The molecule has 0 amide bonds. The fourth-order valence-corrected chi connectivity index (χ4v) is 1.07. The van der Waals surface area contributed by atoms with Gasteiger partial charge in [-0.3, -0.25) is 9.98 Å². The van der Waals surface area contributed by atoms with Crippen LogP contribution in [0.3, 0.4) is 0 Å². The summed E-state index contributed by atoms with van der Waals surface area (Å²) in [4.78, 5) is 9.05. The molecule has 0 unspecified atom stereocenters. The highest BCUT2D eigenvalue weighted by molar-refractivity contribution is 6.32. The zero-order chi connectivity index (χ0) is 9.35. The Balaban J connectivity index is 2.84. The summed E-state index contributed by atoms with van der Waals surface area (Å²) in [5, 5.41) is 0. The summed E-state index contributed by atoms with van der Waals surface area (Å²) >= 11 is 0. The maximum atomic E-state index is 4.61. The molecule has 0 aromatic rings. The molecule has 1 aliphatic heterocycles. The summed E-state index contributed by atoms with van der Waals surface area (Å²) in [6.07, 6.45) is 1.92. The standard InChI is InChI=1S/C10H18N2/c1-7(2)9-6-11-10(5,12-9)8(3)4/h6-8H,1-5H3/t10-/m0/s1. The SMILES string of the molecule is CC(C)C1=N[C@@](C)(C(C)C)N=C1. The zero-order valence-corrected chi connectivity index (χ0v) is 8.63. The number of hydrogen-bond donors (Lipinski definition) is 0. The molecule has 0 N–H and O–H groups in total. The minimum absolute atomic E-state index is 0.195. The van der Waals surface area contributed by atoms with Gasteiger partial charge in [0.25, 0.3) is 0 Å². The molecule has 1 rings (SSSR count). The number of nitrogens with zero attached hydrogens (tertiary/aromatic N) is 2. The van der Waals surface area contributed by atoms with Crippen LogP contribution in [0, 0.1) is 11.8 Å². The van der Waals surface area contributed by atoms with Gasteiger partial charge in [-0.2, -0.15) is 0 Å². The lowest BCUT2D eigenvalue weighted by Gasteiger charge is -2.21. The van der Waals surface area contributed by atoms with Gasteiger partial charge < -0.3 is 0 Å². The maximum absolute atomic E-state index is 4.61. The van der Waals surface area contributed by atoms with Gasteiger partial charge in [-0.05, 0) is 18.8 Å². The van der Waals surface area contributed by atoms with Gasteiger partial charge >= 0.3 is 0 Å². The van der Waals surface area contributed by atoms with E-state index in [9.17, 15) is 0 Å². The fraction of sp³-hybridized carbons (Fsp3) is 0.800. The van der Waals surface area contributed by atoms with Crippen LogP contribution < -0.4 is 0 Å². The predicted molar refractivity (Wildman–Crippen MR) is 54.0 cm³/mol. The summed E-state index contributed by atoms with van der Waals surface area (Å²) in [6, 6.07) is 0. The molecule has 0 aromatic carbocycles. The second-order valence-electron chi connectivity index (χ2n) is 4.20. The molecule has 12 heavy (non-hydrogen) atoms. The summed E-state index contributed by atoms with van der Waals surface area (Å²) in [6.45, 7) is 10.7. The Kier molecular flexibility index (Phi) is 2.36. The predicted octanol–water partition coefficient (Wildman–Crippen LogP) is 2.54. The van der Waals surface area contributed by atoms with E-state index in [2.05, 4.69) is 44.6 Å². The molecule has 0 bridgehead atoms. The first-order chi connectivity index (χ1) is 5.46. The Labute approximate surface area is 74.8 Å². The second-order valence-corrected chi connectivity index (χ2v) is 4.20. The summed E-state index contributed by atoms with van der Waals surface area (Å²) in [5.41, 5.74) is 0.936. The lowest BCUT2D eigenvalue weighted by molar-refractivity contribution is 0.366. The van der Waals surface area contributed by atoms with E-state index in [1.165, 1.54) is 0 Å². The summed E-state index contributed by atoms with van der Waals surface area (Å²) in [5.74, 6) is 0.972. The average molecular weight is 166 g/mol. The average Bonchev–Trinajstić information content (AvgIpc) is 2.33. The molecule has 0 saturated heterocycles. The molecule has 0 fully saturated rings. The van der Waals surface area contributed by atoms with Crippen LogP contribution in [0.15, 0.2) is 9.98 Å². The van der Waals surface area contributed by atoms with Crippen LogP contribution in [0.25, 0.3) is 0 Å². The quantitative estimate of drug-likeness (QED) is 0.602. The number of hydrogen-bond acceptors (Lipinski definition) is 2. The van der Waals surface area contributed by atoms with Crippen molar-refractivity contribution in [2.45, 2.75) is 40.3 Å². The van der Waals surface area contributed by atoms with E-state index in [0.717, 1.165) is 5.71 Å².